The third kappa shape index (κ3) is 2.62. The van der Waals surface area contributed by atoms with Crippen molar-refractivity contribution in [3.05, 3.63) is 47.4 Å². The van der Waals surface area contributed by atoms with Crippen molar-refractivity contribution in [3.8, 4) is 0 Å². The van der Waals surface area contributed by atoms with Gasteiger partial charge in [0, 0.05) is 29.5 Å². The number of carbonyl (C=O) groups excluding carboxylic acids is 3. The van der Waals surface area contributed by atoms with Gasteiger partial charge in [-0.25, -0.2) is 4.98 Å². The molecule has 2 aliphatic rings. The molecule has 0 radical (unpaired) electrons. The minimum Gasteiger partial charge on any atom is -0.299 e. The van der Waals surface area contributed by atoms with Crippen molar-refractivity contribution in [3.63, 3.8) is 0 Å². The first-order valence-corrected chi connectivity index (χ1v) is 9.92. The van der Waals surface area contributed by atoms with Gasteiger partial charge >= 0.3 is 0 Å². The van der Waals surface area contributed by atoms with E-state index in [-0.39, 0.29) is 29.7 Å². The van der Waals surface area contributed by atoms with E-state index in [0.29, 0.717) is 24.2 Å². The van der Waals surface area contributed by atoms with Crippen molar-refractivity contribution in [1.82, 2.24) is 25.7 Å². The van der Waals surface area contributed by atoms with Crippen LogP contribution < -0.4 is 10.2 Å². The van der Waals surface area contributed by atoms with E-state index in [4.69, 9.17) is 4.98 Å². The zero-order chi connectivity index (χ0) is 20.9. The molecule has 1 atom stereocenters. The molecule has 1 saturated carbocycles. The molecule has 9 nitrogen and oxygen atoms in total. The Bertz CT molecular complexity index is 1170. The lowest BCUT2D eigenvalue weighted by Crippen LogP contribution is -2.37. The molecule has 0 bridgehead atoms. The highest BCUT2D eigenvalue weighted by atomic mass is 16.2. The minimum absolute atomic E-state index is 0.116. The van der Waals surface area contributed by atoms with Gasteiger partial charge in [0.25, 0.3) is 5.91 Å². The van der Waals surface area contributed by atoms with E-state index < -0.39 is 0 Å². The molecule has 5 rings (SSSR count). The standard InChI is InChI=1S/C21H20N6O3/c1-12(5-6-17(29)23-11-28)27-19-18-13(3-2-4-14(18)20(27)30)15(9-22-19)21(7-8-21)16-10-24-26-25-16/h2-4,9-12H,5-8H2,1H3,(H,23,28,29)(H,24,25,26). The molecule has 2 N–H and O–H groups in total. The van der Waals surface area contributed by atoms with E-state index in [1.165, 1.54) is 0 Å². The number of rotatable bonds is 7. The van der Waals surface area contributed by atoms with E-state index in [2.05, 4.69) is 20.7 Å². The van der Waals surface area contributed by atoms with Gasteiger partial charge in [0.1, 0.15) is 5.82 Å². The Hall–Kier alpha value is -3.62. The molecule has 3 amide bonds. The molecule has 30 heavy (non-hydrogen) atoms. The van der Waals surface area contributed by atoms with E-state index in [9.17, 15) is 14.4 Å². The number of aromatic nitrogens is 4. The van der Waals surface area contributed by atoms with Crippen molar-refractivity contribution in [1.29, 1.82) is 0 Å². The number of nitrogens with one attached hydrogen (secondary N) is 2. The van der Waals surface area contributed by atoms with Crippen molar-refractivity contribution in [2.24, 2.45) is 0 Å². The van der Waals surface area contributed by atoms with Crippen LogP contribution in [0.2, 0.25) is 0 Å². The number of benzene rings is 1. The smallest absolute Gasteiger partial charge is 0.260 e. The summed E-state index contributed by atoms with van der Waals surface area (Å²) in [7, 11) is 0. The van der Waals surface area contributed by atoms with Crippen LogP contribution in [0.1, 0.15) is 54.2 Å². The Morgan fingerprint density at radius 3 is 2.90 bits per heavy atom. The Labute approximate surface area is 171 Å². The molecule has 3 heterocycles. The average Bonchev–Trinajstić information content (AvgIpc) is 3.24. The molecule has 3 aromatic rings. The lowest BCUT2D eigenvalue weighted by atomic mass is 9.89. The van der Waals surface area contributed by atoms with E-state index in [1.807, 2.05) is 31.3 Å². The number of aromatic amines is 1. The van der Waals surface area contributed by atoms with Crippen LogP contribution >= 0.6 is 0 Å². The number of H-pyrrole nitrogens is 1. The summed E-state index contributed by atoms with van der Waals surface area (Å²) in [5, 5.41) is 14.9. The van der Waals surface area contributed by atoms with Crippen LogP contribution in [0.25, 0.3) is 10.8 Å². The SMILES string of the molecule is CC(CCC(=O)NC=O)N1C(=O)c2cccc3c(C4(c5cn[nH]n5)CC4)cnc1c23. The molecule has 9 heteroatoms. The largest absolute Gasteiger partial charge is 0.299 e. The normalized spacial score (nSPS) is 17.2. The van der Waals surface area contributed by atoms with Gasteiger partial charge in [0.05, 0.1) is 17.5 Å². The monoisotopic (exact) mass is 404 g/mol. The second kappa shape index (κ2) is 6.72. The molecule has 1 aliphatic heterocycles. The minimum atomic E-state index is -0.363. The first kappa shape index (κ1) is 18.4. The predicted octanol–water partition coefficient (Wildman–Crippen LogP) is 1.83. The fraction of sp³-hybridized carbons (Fsp3) is 0.333. The van der Waals surface area contributed by atoms with Gasteiger partial charge < -0.3 is 0 Å². The maximum atomic E-state index is 13.2. The Morgan fingerprint density at radius 1 is 1.37 bits per heavy atom. The zero-order valence-corrected chi connectivity index (χ0v) is 16.4. The summed E-state index contributed by atoms with van der Waals surface area (Å²) in [4.78, 5) is 41.6. The van der Waals surface area contributed by atoms with Crippen molar-refractivity contribution < 1.29 is 14.4 Å². The maximum Gasteiger partial charge on any atom is 0.260 e. The number of pyridine rings is 1. The van der Waals surface area contributed by atoms with Crippen LogP contribution in [-0.4, -0.2) is 44.7 Å². The van der Waals surface area contributed by atoms with Gasteiger partial charge in [-0.1, -0.05) is 12.1 Å². The van der Waals surface area contributed by atoms with Gasteiger partial charge in [-0.15, -0.1) is 0 Å². The Morgan fingerprint density at radius 2 is 2.20 bits per heavy atom. The fourth-order valence-electron chi connectivity index (χ4n) is 4.48. The highest BCUT2D eigenvalue weighted by Crippen LogP contribution is 2.55. The zero-order valence-electron chi connectivity index (χ0n) is 16.4. The molecule has 1 aromatic carbocycles. The van der Waals surface area contributed by atoms with E-state index in [1.54, 1.807) is 11.1 Å². The topological polar surface area (TPSA) is 121 Å². The quantitative estimate of drug-likeness (QED) is 0.580. The second-order valence-corrected chi connectivity index (χ2v) is 7.91. The third-order valence-corrected chi connectivity index (χ3v) is 6.19. The third-order valence-electron chi connectivity index (χ3n) is 6.19. The maximum absolute atomic E-state index is 13.2. The molecule has 1 aliphatic carbocycles. The molecule has 0 spiro atoms. The summed E-state index contributed by atoms with van der Waals surface area (Å²) in [6.45, 7) is 1.89. The molecular weight excluding hydrogens is 384 g/mol. The summed E-state index contributed by atoms with van der Waals surface area (Å²) < 4.78 is 0. The first-order chi connectivity index (χ1) is 14.6. The Balaban J connectivity index is 1.54. The lowest BCUT2D eigenvalue weighted by molar-refractivity contribution is -0.125. The van der Waals surface area contributed by atoms with Crippen LogP contribution in [0.5, 0.6) is 0 Å². The lowest BCUT2D eigenvalue weighted by Gasteiger charge is -2.25. The summed E-state index contributed by atoms with van der Waals surface area (Å²) in [6.07, 6.45) is 6.46. The number of hydrogen-bond donors (Lipinski definition) is 2. The number of hydrogen-bond acceptors (Lipinski definition) is 6. The molecular formula is C21H20N6O3. The number of amides is 3. The fourth-order valence-corrected chi connectivity index (χ4v) is 4.48. The van der Waals surface area contributed by atoms with Gasteiger partial charge in [0.2, 0.25) is 12.3 Å². The van der Waals surface area contributed by atoms with Crippen LogP contribution in [0.4, 0.5) is 5.82 Å². The van der Waals surface area contributed by atoms with Crippen molar-refractivity contribution in [2.45, 2.75) is 44.1 Å². The van der Waals surface area contributed by atoms with Crippen molar-refractivity contribution in [2.75, 3.05) is 4.90 Å². The summed E-state index contributed by atoms with van der Waals surface area (Å²) >= 11 is 0. The van der Waals surface area contributed by atoms with Crippen LogP contribution in [0.3, 0.4) is 0 Å². The van der Waals surface area contributed by atoms with Gasteiger partial charge in [-0.2, -0.15) is 15.4 Å². The van der Waals surface area contributed by atoms with Gasteiger partial charge in [-0.05, 0) is 43.2 Å². The van der Waals surface area contributed by atoms with Crippen LogP contribution in [-0.2, 0) is 15.0 Å². The Kier molecular flexibility index (Phi) is 4.12. The summed E-state index contributed by atoms with van der Waals surface area (Å²) in [5.41, 5.74) is 2.36. The second-order valence-electron chi connectivity index (χ2n) is 7.91. The first-order valence-electron chi connectivity index (χ1n) is 9.92. The van der Waals surface area contributed by atoms with Gasteiger partial charge in [0.15, 0.2) is 0 Å². The molecule has 0 saturated heterocycles. The van der Waals surface area contributed by atoms with E-state index >= 15 is 0 Å². The van der Waals surface area contributed by atoms with Crippen LogP contribution in [0.15, 0.2) is 30.6 Å². The molecule has 152 valence electrons. The number of anilines is 1. The predicted molar refractivity (Wildman–Crippen MR) is 108 cm³/mol. The molecule has 1 fully saturated rings. The van der Waals surface area contributed by atoms with Gasteiger partial charge in [-0.3, -0.25) is 24.6 Å². The number of nitrogens with zero attached hydrogens (tertiary/aromatic N) is 4. The number of imide groups is 1. The molecule has 2 aromatic heterocycles. The summed E-state index contributed by atoms with van der Waals surface area (Å²) in [5.74, 6) is 0.140. The van der Waals surface area contributed by atoms with Crippen molar-refractivity contribution >= 4 is 34.8 Å². The highest BCUT2D eigenvalue weighted by Gasteiger charge is 2.50. The number of carbonyl (C=O) groups is 3. The summed E-state index contributed by atoms with van der Waals surface area (Å²) in [6, 6.07) is 5.50. The average molecular weight is 404 g/mol. The molecule has 1 unspecified atom stereocenters. The van der Waals surface area contributed by atoms with Crippen LogP contribution in [0, 0.1) is 0 Å². The van der Waals surface area contributed by atoms with E-state index in [0.717, 1.165) is 34.9 Å². The highest BCUT2D eigenvalue weighted by molar-refractivity contribution is 6.24.